The maximum atomic E-state index is 12.4. The first kappa shape index (κ1) is 87.8. The summed E-state index contributed by atoms with van der Waals surface area (Å²) in [5.74, 6) is 6.36. The van der Waals surface area contributed by atoms with E-state index in [1.807, 2.05) is 214 Å². The lowest BCUT2D eigenvalue weighted by Gasteiger charge is -2.10. The van der Waals surface area contributed by atoms with E-state index in [9.17, 15) is 24.0 Å². The van der Waals surface area contributed by atoms with E-state index in [-0.39, 0.29) is 27.8 Å². The minimum absolute atomic E-state index is 0.170. The number of para-hydroxylation sites is 2. The largest absolute Gasteiger partial charge is 0.497 e. The number of nitrogens with one attached hydrogen (secondary N) is 10. The van der Waals surface area contributed by atoms with Crippen molar-refractivity contribution in [2.45, 2.75) is 80.7 Å². The second kappa shape index (κ2) is 40.3. The smallest absolute Gasteiger partial charge is 0.274 e. The molecule has 0 spiro atoms. The van der Waals surface area contributed by atoms with Gasteiger partial charge in [-0.2, -0.15) is 47.5 Å². The average Bonchev–Trinajstić information content (AvgIpc) is 1.67. The molecule has 131 heavy (non-hydrogen) atoms. The molecular formula is C97H90ClN25O7S. The Bertz CT molecular complexity index is 7530. The summed E-state index contributed by atoms with van der Waals surface area (Å²) in [5, 5.41) is 34.0. The summed E-state index contributed by atoms with van der Waals surface area (Å²) in [6.45, 7) is 14.5. The van der Waals surface area contributed by atoms with Gasteiger partial charge in [-0.15, -0.1) is 11.3 Å². The molecule has 0 aliphatic carbocycles. The number of ether oxygens (including phenoxy) is 2. The van der Waals surface area contributed by atoms with Crippen molar-refractivity contribution in [3.63, 3.8) is 0 Å². The normalized spacial score (nSPS) is 11.0. The number of halogens is 1. The van der Waals surface area contributed by atoms with Gasteiger partial charge in [0.15, 0.2) is 29.1 Å². The van der Waals surface area contributed by atoms with Crippen LogP contribution in [-0.2, 0) is 39.1 Å². The Kier molecular flexibility index (Phi) is 27.0. The van der Waals surface area contributed by atoms with Gasteiger partial charge in [-0.05, 0) is 178 Å². The lowest BCUT2D eigenvalue weighted by atomic mass is 10.1. The zero-order valence-corrected chi connectivity index (χ0v) is 74.1. The predicted molar refractivity (Wildman–Crippen MR) is 513 cm³/mol. The topological polar surface area (TPSA) is 394 Å². The van der Waals surface area contributed by atoms with Crippen LogP contribution < -0.4 is 63.9 Å². The van der Waals surface area contributed by atoms with Crippen molar-refractivity contribution in [2.75, 3.05) is 40.8 Å². The minimum Gasteiger partial charge on any atom is -0.497 e. The van der Waals surface area contributed by atoms with Crippen molar-refractivity contribution in [3.8, 4) is 67.8 Å². The molecule has 0 unspecified atom stereocenters. The summed E-state index contributed by atoms with van der Waals surface area (Å²) in [4.78, 5) is 108. The van der Waals surface area contributed by atoms with E-state index in [2.05, 4.69) is 153 Å². The third-order valence-electron chi connectivity index (χ3n) is 20.9. The van der Waals surface area contributed by atoms with Crippen LogP contribution in [0.1, 0.15) is 68.8 Å². The first-order valence-corrected chi connectivity index (χ1v) is 43.1. The second-order valence-corrected chi connectivity index (χ2v) is 31.9. The molecule has 20 rings (SSSR count). The van der Waals surface area contributed by atoms with Crippen molar-refractivity contribution in [1.29, 1.82) is 0 Å². The number of nitrogens with zero attached hydrogens (tertiary/aromatic N) is 15. The van der Waals surface area contributed by atoms with Crippen LogP contribution in [0.2, 0.25) is 5.02 Å². The summed E-state index contributed by atoms with van der Waals surface area (Å²) in [6, 6.07) is 81.8. The SMILES string of the molecule is CCc1ccc(NCc2cc(=O)n3[nH]c(-c4ccc(Cl)cc4)nc3n2)cc1.COc1ccc(NCc2cc(=O)n3[nH]c(-c4ccc(C)cc4)nc3n2)cc1.COc1ccccc1NCc1cc(=O)n2[nH]c(-c3cccc(C)c3)nc2n1.Cc1ccc(NCc2cc(=O)n3[nH]c(-c4ccccc4)nc3n2)cc1C.Cc1cccc(NCc2cc(=O)n3[nH]c(-c4cccs4)nc3n2)c1. The molecule has 0 amide bonds. The number of thiophene rings is 1. The van der Waals surface area contributed by atoms with Crippen LogP contribution in [0.5, 0.6) is 11.5 Å². The summed E-state index contributed by atoms with van der Waals surface area (Å²) in [6.07, 6.45) is 1.00. The zero-order valence-electron chi connectivity index (χ0n) is 72.5. The molecular weight excluding hydrogens is 1690 g/mol. The molecule has 0 aliphatic heterocycles. The third-order valence-corrected chi connectivity index (χ3v) is 22.0. The number of aryl methyl sites for hydroxylation is 6. The van der Waals surface area contributed by atoms with Crippen LogP contribution >= 0.6 is 22.9 Å². The highest BCUT2D eigenvalue weighted by atomic mass is 35.5. The Balaban J connectivity index is 0.000000120. The van der Waals surface area contributed by atoms with E-state index in [0.29, 0.717) is 124 Å². The second-order valence-electron chi connectivity index (χ2n) is 30.5. The van der Waals surface area contributed by atoms with Crippen LogP contribution in [0.25, 0.3) is 85.1 Å². The summed E-state index contributed by atoms with van der Waals surface area (Å²) >= 11 is 7.48. The van der Waals surface area contributed by atoms with Crippen molar-refractivity contribution in [1.82, 2.24) is 97.9 Å². The number of benzene rings is 9. The molecule has 0 atom stereocenters. The Labute approximate surface area is 757 Å². The summed E-state index contributed by atoms with van der Waals surface area (Å²) < 4.78 is 17.2. The van der Waals surface area contributed by atoms with E-state index in [1.54, 1.807) is 37.7 Å². The van der Waals surface area contributed by atoms with E-state index in [4.69, 9.17) is 21.1 Å². The first-order chi connectivity index (χ1) is 63.7. The molecule has 0 bridgehead atoms. The molecule has 0 fully saturated rings. The predicted octanol–water partition coefficient (Wildman–Crippen LogP) is 16.3. The third kappa shape index (κ3) is 21.9. The lowest BCUT2D eigenvalue weighted by Crippen LogP contribution is -2.17. The highest BCUT2D eigenvalue weighted by Crippen LogP contribution is 2.27. The van der Waals surface area contributed by atoms with E-state index in [0.717, 1.165) is 84.6 Å². The highest BCUT2D eigenvalue weighted by Gasteiger charge is 2.18. The fourth-order valence-electron chi connectivity index (χ4n) is 13.8. The van der Waals surface area contributed by atoms with Crippen LogP contribution in [0.4, 0.5) is 28.4 Å². The first-order valence-electron chi connectivity index (χ1n) is 41.8. The Morgan fingerprint density at radius 3 is 1.18 bits per heavy atom. The van der Waals surface area contributed by atoms with Gasteiger partial charge in [0, 0.05) is 80.4 Å². The highest BCUT2D eigenvalue weighted by molar-refractivity contribution is 7.13. The molecule has 658 valence electrons. The molecule has 32 nitrogen and oxygen atoms in total. The Morgan fingerprint density at radius 1 is 0.328 bits per heavy atom. The van der Waals surface area contributed by atoms with Crippen molar-refractivity contribution < 1.29 is 9.47 Å². The van der Waals surface area contributed by atoms with Gasteiger partial charge >= 0.3 is 0 Å². The number of H-pyrrole nitrogens is 5. The summed E-state index contributed by atoms with van der Waals surface area (Å²) in [5.41, 5.74) is 17.7. The van der Waals surface area contributed by atoms with Gasteiger partial charge in [0.2, 0.25) is 0 Å². The van der Waals surface area contributed by atoms with Crippen molar-refractivity contribution in [3.05, 3.63) is 385 Å². The number of aromatic nitrogens is 20. The van der Waals surface area contributed by atoms with Gasteiger partial charge < -0.3 is 36.1 Å². The van der Waals surface area contributed by atoms with Gasteiger partial charge in [-0.25, -0.2) is 24.9 Å². The number of aromatic amines is 5. The molecule has 0 saturated carbocycles. The number of fused-ring (bicyclic) bond motifs is 5. The Hall–Kier alpha value is -16.7. The Morgan fingerprint density at radius 2 is 0.725 bits per heavy atom. The number of rotatable bonds is 23. The molecule has 9 aromatic carbocycles. The number of hydrogen-bond donors (Lipinski definition) is 10. The number of anilines is 5. The lowest BCUT2D eigenvalue weighted by molar-refractivity contribution is 0.415. The number of methoxy groups -OCH3 is 2. The number of hydrogen-bond acceptors (Lipinski definition) is 23. The van der Waals surface area contributed by atoms with Crippen LogP contribution in [0, 0.1) is 34.6 Å². The van der Waals surface area contributed by atoms with Crippen LogP contribution in [-0.4, -0.2) is 112 Å². The van der Waals surface area contributed by atoms with E-state index in [1.165, 1.54) is 75.2 Å². The van der Waals surface area contributed by atoms with Gasteiger partial charge in [-0.1, -0.05) is 151 Å². The van der Waals surface area contributed by atoms with E-state index < -0.39 is 0 Å². The molecule has 34 heteroatoms. The summed E-state index contributed by atoms with van der Waals surface area (Å²) in [7, 11) is 3.25. The van der Waals surface area contributed by atoms with E-state index >= 15 is 0 Å². The molecule has 0 radical (unpaired) electrons. The molecule has 20 aromatic rings. The molecule has 0 aliphatic rings. The molecule has 11 aromatic heterocycles. The van der Waals surface area contributed by atoms with Gasteiger partial charge in [0.05, 0.1) is 86.0 Å². The van der Waals surface area contributed by atoms with Crippen molar-refractivity contribution >= 4 is 80.3 Å². The maximum Gasteiger partial charge on any atom is 0.274 e. The quantitative estimate of drug-likeness (QED) is 0.0284. The molecule has 10 N–H and O–H groups in total. The van der Waals surface area contributed by atoms with Gasteiger partial charge in [0.1, 0.15) is 11.5 Å². The molecule has 11 heterocycles. The maximum absolute atomic E-state index is 12.4. The van der Waals surface area contributed by atoms with Crippen molar-refractivity contribution in [2.24, 2.45) is 0 Å². The minimum atomic E-state index is -0.205. The monoisotopic (exact) mass is 1780 g/mol. The van der Waals surface area contributed by atoms with Gasteiger partial charge in [-0.3, -0.25) is 49.5 Å². The fraction of sp³-hybridized carbons (Fsp3) is 0.144. The van der Waals surface area contributed by atoms with Gasteiger partial charge in [0.25, 0.3) is 56.7 Å². The average molecular weight is 1790 g/mol. The van der Waals surface area contributed by atoms with Crippen LogP contribution in [0.3, 0.4) is 0 Å². The van der Waals surface area contributed by atoms with Crippen LogP contribution in [0.15, 0.2) is 290 Å². The zero-order chi connectivity index (χ0) is 91.0. The standard InChI is InChI=1S/C20H18ClN5O.2C20H19N5O2.C20H19N5O.C17H15N5OS/c1-2-13-3-9-16(10-4-13)22-12-17-11-18(27)26-20(23-17)24-19(25-26)14-5-7-15(21)8-6-14;1-13-3-5-14(6-4-13)19-23-20-22-16(11-18(26)25(20)24-19)12-21-15-7-9-17(27-2)10-8-15;1-13-6-5-7-14(10-13)19-23-20-22-15(11-18(26)25(20)24-19)12-21-16-8-3-4-9-17(16)27-2;1-13-8-9-16(10-14(13)2)21-12-17-11-18(26)25-20(22-17)23-19(24-25)15-6-4-3-5-7-15;1-11-4-2-5-12(8-11)18-10-13-9-15(23)22-17(19-13)20-16(21-22)14-6-3-7-24-14/h3-11,22H,2,12H2,1H3,(H,23,24,25);2*3-11,21H,12H2,1-2H3,(H,22,23,24);3-11,21H,12H2,1-2H3,(H,22,23,24);2-9,18H,10H2,1H3,(H,19,20,21). The molecule has 0 saturated heterocycles. The fourth-order valence-corrected chi connectivity index (χ4v) is 14.5.